The molecule has 1 unspecified atom stereocenters. The molecule has 7 heteroatoms. The number of para-hydroxylation sites is 2. The second-order valence-electron chi connectivity index (χ2n) is 8.00. The Morgan fingerprint density at radius 1 is 1.10 bits per heavy atom. The number of hydrogen-bond acceptors (Lipinski definition) is 5. The van der Waals surface area contributed by atoms with Gasteiger partial charge in [0.15, 0.2) is 0 Å². The summed E-state index contributed by atoms with van der Waals surface area (Å²) >= 11 is 1.73. The van der Waals surface area contributed by atoms with Crippen LogP contribution in [0.3, 0.4) is 0 Å². The van der Waals surface area contributed by atoms with E-state index in [1.54, 1.807) is 18.4 Å². The highest BCUT2D eigenvalue weighted by atomic mass is 32.1. The Balaban J connectivity index is 1.27. The van der Waals surface area contributed by atoms with E-state index in [2.05, 4.69) is 27.7 Å². The summed E-state index contributed by atoms with van der Waals surface area (Å²) < 4.78 is 5.31. The maximum Gasteiger partial charge on any atom is 0.237 e. The number of piperidine rings is 1. The Morgan fingerprint density at radius 2 is 1.90 bits per heavy atom. The zero-order chi connectivity index (χ0) is 20.9. The Bertz CT molecular complexity index is 862. The summed E-state index contributed by atoms with van der Waals surface area (Å²) in [6, 6.07) is 11.9. The molecule has 4 rings (SSSR count). The number of likely N-dealkylation sites (tertiary alicyclic amines) is 2. The van der Waals surface area contributed by atoms with E-state index in [1.807, 2.05) is 29.2 Å². The van der Waals surface area contributed by atoms with Gasteiger partial charge in [0, 0.05) is 17.3 Å². The summed E-state index contributed by atoms with van der Waals surface area (Å²) in [6.45, 7) is 2.84. The maximum absolute atomic E-state index is 12.9. The smallest absolute Gasteiger partial charge is 0.237 e. The van der Waals surface area contributed by atoms with E-state index in [-0.39, 0.29) is 23.8 Å². The number of carbonyl (C=O) groups excluding carboxylic acids is 2. The molecule has 0 spiro atoms. The van der Waals surface area contributed by atoms with Crippen LogP contribution in [0.25, 0.3) is 0 Å². The Labute approximate surface area is 181 Å². The third-order valence-electron chi connectivity index (χ3n) is 6.13. The van der Waals surface area contributed by atoms with Gasteiger partial charge in [-0.3, -0.25) is 14.5 Å². The maximum atomic E-state index is 12.9. The third-order valence-corrected chi connectivity index (χ3v) is 7.10. The summed E-state index contributed by atoms with van der Waals surface area (Å²) in [4.78, 5) is 31.2. The van der Waals surface area contributed by atoms with E-state index in [4.69, 9.17) is 4.74 Å². The lowest BCUT2D eigenvalue weighted by Gasteiger charge is -2.33. The molecule has 1 aromatic heterocycles. The van der Waals surface area contributed by atoms with Crippen LogP contribution in [-0.4, -0.2) is 54.9 Å². The SMILES string of the molecule is COc1ccccc1NC(=O)C1CCN(CC(=O)N2CCCC2c2cccs2)CC1. The van der Waals surface area contributed by atoms with E-state index in [0.717, 1.165) is 45.3 Å². The van der Waals surface area contributed by atoms with Crippen LogP contribution in [0.1, 0.15) is 36.6 Å². The number of anilines is 1. The molecule has 2 aromatic rings. The molecular weight excluding hydrogens is 398 g/mol. The summed E-state index contributed by atoms with van der Waals surface area (Å²) in [5.41, 5.74) is 0.705. The molecular formula is C23H29N3O3S. The van der Waals surface area contributed by atoms with Gasteiger partial charge in [-0.2, -0.15) is 0 Å². The standard InChI is InChI=1S/C23H29N3O3S/c1-29-20-8-3-2-6-18(20)24-23(28)17-10-13-25(14-11-17)16-22(27)26-12-4-7-19(26)21-9-5-15-30-21/h2-3,5-6,8-9,15,17,19H,4,7,10-14,16H2,1H3,(H,24,28). The first kappa shape index (κ1) is 20.9. The average Bonchev–Trinajstić information content (AvgIpc) is 3.46. The fourth-order valence-corrected chi connectivity index (χ4v) is 5.33. The molecule has 2 amide bonds. The van der Waals surface area contributed by atoms with Gasteiger partial charge < -0.3 is 15.0 Å². The molecule has 0 saturated carbocycles. The molecule has 160 valence electrons. The van der Waals surface area contributed by atoms with Gasteiger partial charge in [-0.05, 0) is 62.4 Å². The molecule has 6 nitrogen and oxygen atoms in total. The number of methoxy groups -OCH3 is 1. The van der Waals surface area contributed by atoms with Crippen molar-refractivity contribution in [1.29, 1.82) is 0 Å². The van der Waals surface area contributed by atoms with Gasteiger partial charge in [0.05, 0.1) is 25.4 Å². The molecule has 2 aliphatic rings. The minimum atomic E-state index is -0.0353. The number of hydrogen-bond donors (Lipinski definition) is 1. The molecule has 1 aromatic carbocycles. The summed E-state index contributed by atoms with van der Waals surface area (Å²) in [5, 5.41) is 5.08. The molecule has 2 aliphatic heterocycles. The van der Waals surface area contributed by atoms with Crippen LogP contribution >= 0.6 is 11.3 Å². The number of rotatable bonds is 6. The summed E-state index contributed by atoms with van der Waals surface area (Å²) in [7, 11) is 1.60. The van der Waals surface area contributed by atoms with Gasteiger partial charge in [0.1, 0.15) is 5.75 Å². The molecule has 2 saturated heterocycles. The number of nitrogens with one attached hydrogen (secondary N) is 1. The molecule has 3 heterocycles. The second kappa shape index (κ2) is 9.62. The lowest BCUT2D eigenvalue weighted by Crippen LogP contribution is -2.44. The fourth-order valence-electron chi connectivity index (χ4n) is 4.46. The van der Waals surface area contributed by atoms with Crippen LogP contribution in [0.5, 0.6) is 5.75 Å². The first-order chi connectivity index (χ1) is 14.7. The van der Waals surface area contributed by atoms with Gasteiger partial charge in [-0.15, -0.1) is 11.3 Å². The highest BCUT2D eigenvalue weighted by molar-refractivity contribution is 7.10. The van der Waals surface area contributed by atoms with Crippen molar-refractivity contribution in [3.05, 3.63) is 46.7 Å². The Hall–Kier alpha value is -2.38. The zero-order valence-corrected chi connectivity index (χ0v) is 18.2. The monoisotopic (exact) mass is 427 g/mol. The lowest BCUT2D eigenvalue weighted by atomic mass is 9.95. The first-order valence-electron chi connectivity index (χ1n) is 10.6. The van der Waals surface area contributed by atoms with Gasteiger partial charge in [0.25, 0.3) is 0 Å². The lowest BCUT2D eigenvalue weighted by molar-refractivity contribution is -0.133. The van der Waals surface area contributed by atoms with Gasteiger partial charge in [0.2, 0.25) is 11.8 Å². The normalized spacial score (nSPS) is 20.3. The van der Waals surface area contributed by atoms with E-state index in [9.17, 15) is 9.59 Å². The van der Waals surface area contributed by atoms with Crippen molar-refractivity contribution in [1.82, 2.24) is 9.80 Å². The first-order valence-corrected chi connectivity index (χ1v) is 11.5. The van der Waals surface area contributed by atoms with Crippen molar-refractivity contribution >= 4 is 28.8 Å². The van der Waals surface area contributed by atoms with Crippen molar-refractivity contribution in [2.45, 2.75) is 31.7 Å². The third kappa shape index (κ3) is 4.68. The number of thiophene rings is 1. The number of ether oxygens (including phenoxy) is 1. The molecule has 1 atom stereocenters. The van der Waals surface area contributed by atoms with E-state index in [0.29, 0.717) is 18.0 Å². The van der Waals surface area contributed by atoms with Crippen molar-refractivity contribution in [3.8, 4) is 5.75 Å². The molecule has 0 bridgehead atoms. The quantitative estimate of drug-likeness (QED) is 0.762. The molecule has 0 aliphatic carbocycles. The fraction of sp³-hybridized carbons (Fsp3) is 0.478. The van der Waals surface area contributed by atoms with Crippen LogP contribution < -0.4 is 10.1 Å². The predicted octanol–water partition coefficient (Wildman–Crippen LogP) is 3.77. The number of benzene rings is 1. The van der Waals surface area contributed by atoms with Crippen LogP contribution in [0.2, 0.25) is 0 Å². The van der Waals surface area contributed by atoms with Crippen molar-refractivity contribution < 1.29 is 14.3 Å². The summed E-state index contributed by atoms with van der Waals surface area (Å²) in [6.07, 6.45) is 3.65. The van der Waals surface area contributed by atoms with Gasteiger partial charge >= 0.3 is 0 Å². The molecule has 0 radical (unpaired) electrons. The van der Waals surface area contributed by atoms with Crippen LogP contribution in [0.4, 0.5) is 5.69 Å². The van der Waals surface area contributed by atoms with Crippen molar-refractivity contribution in [2.75, 3.05) is 38.6 Å². The average molecular weight is 428 g/mol. The highest BCUT2D eigenvalue weighted by Crippen LogP contribution is 2.34. The zero-order valence-electron chi connectivity index (χ0n) is 17.4. The number of nitrogens with zero attached hydrogens (tertiary/aromatic N) is 2. The van der Waals surface area contributed by atoms with Crippen LogP contribution in [-0.2, 0) is 9.59 Å². The van der Waals surface area contributed by atoms with Crippen molar-refractivity contribution in [2.24, 2.45) is 5.92 Å². The largest absolute Gasteiger partial charge is 0.495 e. The van der Waals surface area contributed by atoms with E-state index >= 15 is 0 Å². The molecule has 1 N–H and O–H groups in total. The van der Waals surface area contributed by atoms with Crippen molar-refractivity contribution in [3.63, 3.8) is 0 Å². The Morgan fingerprint density at radius 3 is 2.63 bits per heavy atom. The number of amides is 2. The Kier molecular flexibility index (Phi) is 6.69. The minimum absolute atomic E-state index is 0.0304. The predicted molar refractivity (Wildman–Crippen MR) is 119 cm³/mol. The van der Waals surface area contributed by atoms with Crippen LogP contribution in [0.15, 0.2) is 41.8 Å². The topological polar surface area (TPSA) is 61.9 Å². The molecule has 30 heavy (non-hydrogen) atoms. The van der Waals surface area contributed by atoms with E-state index in [1.165, 1.54) is 4.88 Å². The summed E-state index contributed by atoms with van der Waals surface area (Å²) in [5.74, 6) is 0.873. The van der Waals surface area contributed by atoms with Crippen LogP contribution in [0, 0.1) is 5.92 Å². The van der Waals surface area contributed by atoms with Gasteiger partial charge in [-0.1, -0.05) is 18.2 Å². The highest BCUT2D eigenvalue weighted by Gasteiger charge is 2.32. The van der Waals surface area contributed by atoms with E-state index < -0.39 is 0 Å². The second-order valence-corrected chi connectivity index (χ2v) is 8.98. The number of carbonyl (C=O) groups is 2. The van der Waals surface area contributed by atoms with Gasteiger partial charge in [-0.25, -0.2) is 0 Å². The minimum Gasteiger partial charge on any atom is -0.495 e. The molecule has 2 fully saturated rings.